The molecule has 10 nitrogen and oxygen atoms in total. The molecule has 0 aromatic heterocycles. The Labute approximate surface area is 216 Å². The summed E-state index contributed by atoms with van der Waals surface area (Å²) in [7, 11) is 1.51. The monoisotopic (exact) mass is 530 g/mol. The normalized spacial score (nSPS) is 10.7. The summed E-state index contributed by atoms with van der Waals surface area (Å²) in [5.74, 6) is -0.976. The van der Waals surface area contributed by atoms with Gasteiger partial charge in [0.1, 0.15) is 18.1 Å². The van der Waals surface area contributed by atoms with Gasteiger partial charge in [-0.2, -0.15) is 5.10 Å². The van der Waals surface area contributed by atoms with E-state index in [9.17, 15) is 19.7 Å². The van der Waals surface area contributed by atoms with Crippen LogP contribution in [0.4, 0.5) is 11.4 Å². The van der Waals surface area contributed by atoms with E-state index in [0.717, 1.165) is 0 Å². The molecule has 0 saturated carbocycles. The third-order valence-electron chi connectivity index (χ3n) is 4.83. The number of amides is 2. The molecule has 0 spiro atoms. The van der Waals surface area contributed by atoms with E-state index < -0.39 is 16.7 Å². The fourth-order valence-corrected chi connectivity index (χ4v) is 3.40. The maximum Gasteiger partial charge on any atom is 0.329 e. The van der Waals surface area contributed by atoms with Crippen LogP contribution >= 0.6 is 23.2 Å². The highest BCUT2D eigenvalue weighted by molar-refractivity contribution is 6.42. The van der Waals surface area contributed by atoms with Crippen molar-refractivity contribution < 1.29 is 24.0 Å². The van der Waals surface area contributed by atoms with Crippen molar-refractivity contribution in [3.63, 3.8) is 0 Å². The van der Waals surface area contributed by atoms with Crippen molar-refractivity contribution in [3.8, 4) is 11.5 Å². The number of hydrogen-bond acceptors (Lipinski definition) is 7. The van der Waals surface area contributed by atoms with E-state index in [1.807, 2.05) is 0 Å². The SMILES string of the molecule is COc1ccc(/C=N/NC(=O)C(=O)Nc2cc(Cl)ccc2Cl)cc1COc1ccc([N+](=O)[O-])c(C)c1. The third kappa shape index (κ3) is 6.94. The van der Waals surface area contributed by atoms with Gasteiger partial charge in [-0.25, -0.2) is 5.43 Å². The van der Waals surface area contributed by atoms with Gasteiger partial charge < -0.3 is 14.8 Å². The standard InChI is InChI=1S/C24H20Cl2N4O6/c1-14-9-18(5-7-21(14)30(33)34)36-13-16-10-15(3-8-22(16)35-2)12-27-29-24(32)23(31)28-20-11-17(25)4-6-19(20)26/h3-12H,13H2,1-2H3,(H,28,31)(H,29,32)/b27-12+. The Morgan fingerprint density at radius 2 is 1.86 bits per heavy atom. The number of nitro benzene ring substituents is 1. The number of benzene rings is 3. The molecule has 12 heteroatoms. The summed E-state index contributed by atoms with van der Waals surface area (Å²) < 4.78 is 11.1. The van der Waals surface area contributed by atoms with Gasteiger partial charge in [0.25, 0.3) is 5.69 Å². The molecular formula is C24H20Cl2N4O6. The van der Waals surface area contributed by atoms with E-state index in [0.29, 0.717) is 33.2 Å². The minimum Gasteiger partial charge on any atom is -0.496 e. The topological polar surface area (TPSA) is 132 Å². The van der Waals surface area contributed by atoms with E-state index in [2.05, 4.69) is 15.8 Å². The van der Waals surface area contributed by atoms with Crippen molar-refractivity contribution in [2.24, 2.45) is 5.10 Å². The van der Waals surface area contributed by atoms with Crippen LogP contribution in [0.5, 0.6) is 11.5 Å². The smallest absolute Gasteiger partial charge is 0.329 e. The highest BCUT2D eigenvalue weighted by Gasteiger charge is 2.15. The lowest BCUT2D eigenvalue weighted by molar-refractivity contribution is -0.385. The van der Waals surface area contributed by atoms with Crippen LogP contribution in [0.25, 0.3) is 0 Å². The van der Waals surface area contributed by atoms with Crippen molar-refractivity contribution in [1.82, 2.24) is 5.43 Å². The lowest BCUT2D eigenvalue weighted by atomic mass is 10.1. The van der Waals surface area contributed by atoms with Crippen LogP contribution in [0.1, 0.15) is 16.7 Å². The minimum absolute atomic E-state index is 0.00420. The number of hydrazone groups is 1. The minimum atomic E-state index is -1.01. The number of ether oxygens (including phenoxy) is 2. The Bertz CT molecular complexity index is 1350. The van der Waals surface area contributed by atoms with Gasteiger partial charge in [0.2, 0.25) is 0 Å². The van der Waals surface area contributed by atoms with Crippen molar-refractivity contribution in [2.75, 3.05) is 12.4 Å². The van der Waals surface area contributed by atoms with Crippen LogP contribution < -0.4 is 20.2 Å². The number of anilines is 1. The summed E-state index contributed by atoms with van der Waals surface area (Å²) in [6.45, 7) is 1.73. The van der Waals surface area contributed by atoms with Gasteiger partial charge in [-0.3, -0.25) is 19.7 Å². The average molecular weight is 531 g/mol. The summed E-state index contributed by atoms with van der Waals surface area (Å²) in [6, 6.07) is 14.0. The number of rotatable bonds is 8. The Hall–Kier alpha value is -4.15. The molecule has 0 radical (unpaired) electrons. The predicted molar refractivity (Wildman–Crippen MR) is 136 cm³/mol. The van der Waals surface area contributed by atoms with Crippen LogP contribution in [0.3, 0.4) is 0 Å². The number of carbonyl (C=O) groups excluding carboxylic acids is 2. The Morgan fingerprint density at radius 1 is 1.08 bits per heavy atom. The Kier molecular flexibility index (Phi) is 8.82. The second-order valence-electron chi connectivity index (χ2n) is 7.34. The van der Waals surface area contributed by atoms with E-state index in [-0.39, 0.29) is 23.0 Å². The highest BCUT2D eigenvalue weighted by Crippen LogP contribution is 2.26. The molecule has 0 bridgehead atoms. The van der Waals surface area contributed by atoms with E-state index >= 15 is 0 Å². The molecule has 0 aliphatic heterocycles. The first-order chi connectivity index (χ1) is 17.2. The van der Waals surface area contributed by atoms with Crippen LogP contribution in [-0.2, 0) is 16.2 Å². The lowest BCUT2D eigenvalue weighted by Crippen LogP contribution is -2.32. The first-order valence-electron chi connectivity index (χ1n) is 10.3. The summed E-state index contributed by atoms with van der Waals surface area (Å²) in [5, 5.41) is 17.7. The zero-order valence-corrected chi connectivity index (χ0v) is 20.6. The Balaban J connectivity index is 1.63. The fourth-order valence-electron chi connectivity index (χ4n) is 3.06. The number of aryl methyl sites for hydroxylation is 1. The van der Waals surface area contributed by atoms with Gasteiger partial charge in [0.15, 0.2) is 0 Å². The Morgan fingerprint density at radius 3 is 2.56 bits per heavy atom. The van der Waals surface area contributed by atoms with Crippen LogP contribution in [0.2, 0.25) is 10.0 Å². The third-order valence-corrected chi connectivity index (χ3v) is 5.39. The highest BCUT2D eigenvalue weighted by atomic mass is 35.5. The fraction of sp³-hybridized carbons (Fsp3) is 0.125. The summed E-state index contributed by atoms with van der Waals surface area (Å²) in [5.41, 5.74) is 4.06. The maximum atomic E-state index is 12.1. The molecule has 0 heterocycles. The molecule has 0 fully saturated rings. The van der Waals surface area contributed by atoms with Gasteiger partial charge in [-0.1, -0.05) is 23.2 Å². The number of nitrogens with zero attached hydrogens (tertiary/aromatic N) is 2. The first-order valence-corrected chi connectivity index (χ1v) is 11.1. The largest absolute Gasteiger partial charge is 0.496 e. The van der Waals surface area contributed by atoms with E-state index in [1.54, 1.807) is 37.3 Å². The van der Waals surface area contributed by atoms with Gasteiger partial charge in [0, 0.05) is 22.2 Å². The molecule has 36 heavy (non-hydrogen) atoms. The number of halogens is 2. The summed E-state index contributed by atoms with van der Waals surface area (Å²) >= 11 is 11.8. The van der Waals surface area contributed by atoms with Crippen molar-refractivity contribution in [3.05, 3.63) is 91.4 Å². The molecule has 0 unspecified atom stereocenters. The van der Waals surface area contributed by atoms with Crippen molar-refractivity contribution in [1.29, 1.82) is 0 Å². The quantitative estimate of drug-likeness (QED) is 0.184. The van der Waals surface area contributed by atoms with Gasteiger partial charge >= 0.3 is 11.8 Å². The van der Waals surface area contributed by atoms with Crippen molar-refractivity contribution >= 4 is 52.6 Å². The molecule has 0 saturated heterocycles. The van der Waals surface area contributed by atoms with E-state index in [1.165, 1.54) is 37.6 Å². The predicted octanol–water partition coefficient (Wildman–Crippen LogP) is 4.89. The number of methoxy groups -OCH3 is 1. The second kappa shape index (κ2) is 12.0. The number of hydrogen-bond donors (Lipinski definition) is 2. The average Bonchev–Trinajstić information content (AvgIpc) is 2.84. The zero-order chi connectivity index (χ0) is 26.2. The number of carbonyl (C=O) groups is 2. The van der Waals surface area contributed by atoms with Gasteiger partial charge in [-0.15, -0.1) is 0 Å². The molecule has 186 valence electrons. The first kappa shape index (κ1) is 26.5. The molecule has 0 atom stereocenters. The number of nitrogens with one attached hydrogen (secondary N) is 2. The van der Waals surface area contributed by atoms with Gasteiger partial charge in [0.05, 0.1) is 29.0 Å². The molecule has 3 aromatic rings. The lowest BCUT2D eigenvalue weighted by Gasteiger charge is -2.11. The van der Waals surface area contributed by atoms with Crippen LogP contribution in [0, 0.1) is 17.0 Å². The zero-order valence-electron chi connectivity index (χ0n) is 19.1. The van der Waals surface area contributed by atoms with E-state index in [4.69, 9.17) is 32.7 Å². The molecule has 2 amide bonds. The van der Waals surface area contributed by atoms with Crippen LogP contribution in [-0.4, -0.2) is 30.1 Å². The molecule has 2 N–H and O–H groups in total. The summed E-state index contributed by atoms with van der Waals surface area (Å²) in [4.78, 5) is 34.7. The molecule has 0 aliphatic carbocycles. The second-order valence-corrected chi connectivity index (χ2v) is 8.19. The molecule has 3 aromatic carbocycles. The number of nitro groups is 1. The molecular weight excluding hydrogens is 511 g/mol. The van der Waals surface area contributed by atoms with Gasteiger partial charge in [-0.05, 0) is 61.0 Å². The van der Waals surface area contributed by atoms with Crippen LogP contribution in [0.15, 0.2) is 59.7 Å². The molecule has 3 rings (SSSR count). The maximum absolute atomic E-state index is 12.1. The van der Waals surface area contributed by atoms with Crippen molar-refractivity contribution in [2.45, 2.75) is 13.5 Å². The molecule has 0 aliphatic rings. The summed E-state index contributed by atoms with van der Waals surface area (Å²) in [6.07, 6.45) is 1.34.